The summed E-state index contributed by atoms with van der Waals surface area (Å²) in [5.41, 5.74) is 1.37. The van der Waals surface area contributed by atoms with Gasteiger partial charge in [-0.2, -0.15) is 18.4 Å². The molecule has 0 aromatic heterocycles. The Balaban J connectivity index is 2.15. The highest BCUT2D eigenvalue weighted by molar-refractivity contribution is 5.33. The Labute approximate surface area is 122 Å². The molecule has 2 rings (SSSR count). The third-order valence-electron chi connectivity index (χ3n) is 3.72. The van der Waals surface area contributed by atoms with E-state index in [0.29, 0.717) is 5.56 Å². The highest BCUT2D eigenvalue weighted by Crippen LogP contribution is 2.31. The summed E-state index contributed by atoms with van der Waals surface area (Å²) in [5.74, 6) is 0. The van der Waals surface area contributed by atoms with Gasteiger partial charge < -0.3 is 5.32 Å². The number of benzene rings is 1. The van der Waals surface area contributed by atoms with E-state index >= 15 is 0 Å². The van der Waals surface area contributed by atoms with Crippen LogP contribution in [0.25, 0.3) is 0 Å². The summed E-state index contributed by atoms with van der Waals surface area (Å²) < 4.78 is 37.6. The first-order valence-corrected chi connectivity index (χ1v) is 7.01. The molecule has 1 N–H and O–H groups in total. The Morgan fingerprint density at radius 2 is 1.81 bits per heavy atom. The number of nitriles is 1. The lowest BCUT2D eigenvalue weighted by Gasteiger charge is -2.35. The Kier molecular flexibility index (Phi) is 5.21. The predicted octanol–water partition coefficient (Wildman–Crippen LogP) is 2.85. The molecule has 1 atom stereocenters. The van der Waals surface area contributed by atoms with Crippen LogP contribution >= 0.6 is 0 Å². The summed E-state index contributed by atoms with van der Waals surface area (Å²) in [6.07, 6.45) is -4.88. The van der Waals surface area contributed by atoms with Gasteiger partial charge in [-0.15, -0.1) is 0 Å². The van der Waals surface area contributed by atoms with E-state index in [1.165, 1.54) is 0 Å². The Hall–Kier alpha value is -1.58. The van der Waals surface area contributed by atoms with Crippen LogP contribution in [0.1, 0.15) is 30.0 Å². The zero-order valence-corrected chi connectivity index (χ0v) is 11.7. The van der Waals surface area contributed by atoms with Crippen molar-refractivity contribution in [1.82, 2.24) is 10.2 Å². The van der Waals surface area contributed by atoms with Crippen molar-refractivity contribution in [1.29, 1.82) is 5.26 Å². The fourth-order valence-corrected chi connectivity index (χ4v) is 2.63. The molecule has 1 heterocycles. The fourth-order valence-electron chi connectivity index (χ4n) is 2.63. The van der Waals surface area contributed by atoms with Crippen LogP contribution in [-0.4, -0.2) is 37.3 Å². The number of rotatable bonds is 4. The van der Waals surface area contributed by atoms with Crippen LogP contribution in [0.5, 0.6) is 0 Å². The molecule has 21 heavy (non-hydrogen) atoms. The average molecular weight is 297 g/mol. The van der Waals surface area contributed by atoms with Gasteiger partial charge in [-0.25, -0.2) is 0 Å². The quantitative estimate of drug-likeness (QED) is 0.929. The number of halogens is 3. The number of piperazine rings is 1. The second-order valence-electron chi connectivity index (χ2n) is 5.19. The van der Waals surface area contributed by atoms with Gasteiger partial charge in [0.25, 0.3) is 0 Å². The van der Waals surface area contributed by atoms with Crippen molar-refractivity contribution in [2.75, 3.05) is 26.2 Å². The summed E-state index contributed by atoms with van der Waals surface area (Å²) >= 11 is 0. The van der Waals surface area contributed by atoms with Crippen LogP contribution in [0, 0.1) is 11.3 Å². The molecular formula is C15H18F3N3. The molecule has 0 saturated carbocycles. The van der Waals surface area contributed by atoms with Crippen LogP contribution in [0.15, 0.2) is 24.3 Å². The Morgan fingerprint density at radius 3 is 2.33 bits per heavy atom. The molecule has 3 nitrogen and oxygen atoms in total. The summed E-state index contributed by atoms with van der Waals surface area (Å²) in [6.45, 7) is 3.06. The van der Waals surface area contributed by atoms with Crippen molar-refractivity contribution in [2.45, 2.75) is 25.1 Å². The van der Waals surface area contributed by atoms with E-state index in [0.717, 1.165) is 31.7 Å². The van der Waals surface area contributed by atoms with Crippen molar-refractivity contribution in [3.8, 4) is 6.07 Å². The van der Waals surface area contributed by atoms with Gasteiger partial charge >= 0.3 is 6.18 Å². The minimum absolute atomic E-state index is 0.0510. The largest absolute Gasteiger partial charge is 0.389 e. The highest BCUT2D eigenvalue weighted by Gasteiger charge is 2.31. The molecule has 0 unspecified atom stereocenters. The minimum atomic E-state index is -4.14. The maximum Gasteiger partial charge on any atom is 0.389 e. The first kappa shape index (κ1) is 15.8. The second kappa shape index (κ2) is 6.92. The van der Waals surface area contributed by atoms with E-state index in [9.17, 15) is 13.2 Å². The molecule has 1 aliphatic heterocycles. The monoisotopic (exact) mass is 297 g/mol. The molecule has 1 aromatic rings. The Morgan fingerprint density at radius 1 is 1.19 bits per heavy atom. The molecule has 0 radical (unpaired) electrons. The zero-order chi connectivity index (χ0) is 15.3. The average Bonchev–Trinajstić information content (AvgIpc) is 2.48. The molecule has 1 fully saturated rings. The van der Waals surface area contributed by atoms with E-state index in [1.54, 1.807) is 24.3 Å². The molecule has 1 saturated heterocycles. The summed E-state index contributed by atoms with van der Waals surface area (Å²) in [6, 6.07) is 8.64. The molecule has 6 heteroatoms. The molecular weight excluding hydrogens is 279 g/mol. The van der Waals surface area contributed by atoms with Crippen molar-refractivity contribution in [3.05, 3.63) is 35.4 Å². The molecule has 0 spiro atoms. The molecule has 0 bridgehead atoms. The minimum Gasteiger partial charge on any atom is -0.314 e. The molecule has 0 amide bonds. The summed E-state index contributed by atoms with van der Waals surface area (Å²) in [7, 11) is 0. The number of nitrogens with one attached hydrogen (secondary N) is 1. The number of nitrogens with zero attached hydrogens (tertiary/aromatic N) is 2. The van der Waals surface area contributed by atoms with E-state index in [2.05, 4.69) is 10.2 Å². The van der Waals surface area contributed by atoms with Gasteiger partial charge in [-0.05, 0) is 24.1 Å². The Bertz CT molecular complexity index is 484. The van der Waals surface area contributed by atoms with Crippen molar-refractivity contribution in [3.63, 3.8) is 0 Å². The van der Waals surface area contributed by atoms with Crippen LogP contribution in [0.2, 0.25) is 0 Å². The van der Waals surface area contributed by atoms with Gasteiger partial charge in [0, 0.05) is 38.6 Å². The maximum atomic E-state index is 12.5. The topological polar surface area (TPSA) is 39.1 Å². The molecule has 1 aromatic carbocycles. The van der Waals surface area contributed by atoms with Crippen LogP contribution in [-0.2, 0) is 0 Å². The van der Waals surface area contributed by atoms with Crippen molar-refractivity contribution in [2.24, 2.45) is 0 Å². The second-order valence-corrected chi connectivity index (χ2v) is 5.19. The SMILES string of the molecule is N#Cc1ccc([C@@H](CCC(F)(F)F)N2CCNCC2)cc1. The van der Waals surface area contributed by atoms with E-state index in [-0.39, 0.29) is 12.5 Å². The van der Waals surface area contributed by atoms with Crippen molar-refractivity contribution < 1.29 is 13.2 Å². The van der Waals surface area contributed by atoms with Gasteiger partial charge in [-0.3, -0.25) is 4.90 Å². The first-order chi connectivity index (χ1) is 9.99. The number of hydrogen-bond acceptors (Lipinski definition) is 3. The van der Waals surface area contributed by atoms with Gasteiger partial charge in [0.05, 0.1) is 11.6 Å². The van der Waals surface area contributed by atoms with Crippen LogP contribution < -0.4 is 5.32 Å². The van der Waals surface area contributed by atoms with Crippen LogP contribution in [0.3, 0.4) is 0 Å². The van der Waals surface area contributed by atoms with Gasteiger partial charge in [-0.1, -0.05) is 12.1 Å². The third kappa shape index (κ3) is 4.73. The molecule has 0 aliphatic carbocycles. The van der Waals surface area contributed by atoms with E-state index < -0.39 is 12.6 Å². The smallest absolute Gasteiger partial charge is 0.314 e. The standard InChI is InChI=1S/C15H18F3N3/c16-15(17,18)6-5-14(21-9-7-20-8-10-21)13-3-1-12(11-19)2-4-13/h1-4,14,20H,5-10H2/t14-/m1/s1. The predicted molar refractivity (Wildman–Crippen MR) is 73.6 cm³/mol. The summed E-state index contributed by atoms with van der Waals surface area (Å²) in [5, 5.41) is 12.0. The first-order valence-electron chi connectivity index (χ1n) is 7.01. The molecule has 1 aliphatic rings. The molecule has 114 valence electrons. The maximum absolute atomic E-state index is 12.5. The third-order valence-corrected chi connectivity index (χ3v) is 3.72. The lowest BCUT2D eigenvalue weighted by Crippen LogP contribution is -2.45. The highest BCUT2D eigenvalue weighted by atomic mass is 19.4. The zero-order valence-electron chi connectivity index (χ0n) is 11.7. The summed E-state index contributed by atoms with van der Waals surface area (Å²) in [4.78, 5) is 2.09. The van der Waals surface area contributed by atoms with Crippen molar-refractivity contribution >= 4 is 0 Å². The van der Waals surface area contributed by atoms with Gasteiger partial charge in [0.15, 0.2) is 0 Å². The van der Waals surface area contributed by atoms with Crippen LogP contribution in [0.4, 0.5) is 13.2 Å². The van der Waals surface area contributed by atoms with E-state index in [4.69, 9.17) is 5.26 Å². The van der Waals surface area contributed by atoms with E-state index in [1.807, 2.05) is 6.07 Å². The fraction of sp³-hybridized carbons (Fsp3) is 0.533. The lowest BCUT2D eigenvalue weighted by molar-refractivity contribution is -0.138. The van der Waals surface area contributed by atoms with Gasteiger partial charge in [0.1, 0.15) is 0 Å². The number of hydrogen-bond donors (Lipinski definition) is 1. The normalized spacial score (nSPS) is 18.2. The lowest BCUT2D eigenvalue weighted by atomic mass is 9.98. The van der Waals surface area contributed by atoms with Gasteiger partial charge in [0.2, 0.25) is 0 Å². The number of alkyl halides is 3.